The van der Waals surface area contributed by atoms with Crippen LogP contribution in [0.3, 0.4) is 0 Å². The first-order valence-corrected chi connectivity index (χ1v) is 5.85. The fourth-order valence-electron chi connectivity index (χ4n) is 2.00. The van der Waals surface area contributed by atoms with Gasteiger partial charge in [0, 0.05) is 19.1 Å². The number of esters is 1. The van der Waals surface area contributed by atoms with Crippen molar-refractivity contribution in [2.75, 3.05) is 40.3 Å². The normalized spacial score (nSPS) is 23.7. The Labute approximate surface area is 97.5 Å². The smallest absolute Gasteiger partial charge is 0.324 e. The van der Waals surface area contributed by atoms with E-state index in [1.54, 1.807) is 6.92 Å². The Kier molecular flexibility index (Phi) is 5.18. The van der Waals surface area contributed by atoms with Crippen LogP contribution in [0.15, 0.2) is 0 Å². The van der Waals surface area contributed by atoms with Gasteiger partial charge in [-0.25, -0.2) is 0 Å². The van der Waals surface area contributed by atoms with Gasteiger partial charge in [0.25, 0.3) is 0 Å². The molecule has 0 spiro atoms. The van der Waals surface area contributed by atoms with E-state index in [0.717, 1.165) is 19.5 Å². The molecule has 0 saturated carbocycles. The summed E-state index contributed by atoms with van der Waals surface area (Å²) in [7, 11) is 4.17. The molecule has 0 aromatic heterocycles. The van der Waals surface area contributed by atoms with Crippen molar-refractivity contribution in [3.63, 3.8) is 0 Å². The van der Waals surface area contributed by atoms with Gasteiger partial charge in [0.15, 0.2) is 0 Å². The van der Waals surface area contributed by atoms with Crippen LogP contribution in [0, 0.1) is 0 Å². The predicted molar refractivity (Wildman–Crippen MR) is 63.1 cm³/mol. The van der Waals surface area contributed by atoms with Crippen molar-refractivity contribution >= 4 is 5.97 Å². The highest BCUT2D eigenvalue weighted by Gasteiger charge is 2.27. The quantitative estimate of drug-likeness (QED) is 0.645. The van der Waals surface area contributed by atoms with Crippen molar-refractivity contribution in [3.05, 3.63) is 0 Å². The summed E-state index contributed by atoms with van der Waals surface area (Å²) in [6.07, 6.45) is 1.14. The van der Waals surface area contributed by atoms with E-state index in [0.29, 0.717) is 19.2 Å². The second-order valence-corrected chi connectivity index (χ2v) is 4.52. The van der Waals surface area contributed by atoms with Gasteiger partial charge in [0.05, 0.1) is 6.61 Å². The van der Waals surface area contributed by atoms with E-state index in [1.807, 2.05) is 0 Å². The number of hydrogen-bond donors (Lipinski definition) is 1. The Bertz CT molecular complexity index is 233. The van der Waals surface area contributed by atoms with E-state index >= 15 is 0 Å². The molecule has 5 nitrogen and oxygen atoms in total. The molecule has 1 aliphatic heterocycles. The van der Waals surface area contributed by atoms with Crippen LogP contribution in [0.1, 0.15) is 13.3 Å². The maximum Gasteiger partial charge on any atom is 0.324 e. The predicted octanol–water partition coefficient (Wildman–Crippen LogP) is -0.487. The lowest BCUT2D eigenvalue weighted by atomic mass is 10.2. The molecule has 1 rings (SSSR count). The van der Waals surface area contributed by atoms with Gasteiger partial charge in [-0.2, -0.15) is 0 Å². The van der Waals surface area contributed by atoms with Gasteiger partial charge in [-0.15, -0.1) is 0 Å². The minimum Gasteiger partial charge on any atom is -0.465 e. The highest BCUT2D eigenvalue weighted by molar-refractivity contribution is 5.75. The number of likely N-dealkylation sites (N-methyl/N-ethyl adjacent to an activating group) is 1. The second-order valence-electron chi connectivity index (χ2n) is 4.52. The summed E-state index contributed by atoms with van der Waals surface area (Å²) in [5.41, 5.74) is 5.77. The highest BCUT2D eigenvalue weighted by Crippen LogP contribution is 2.13. The third kappa shape index (κ3) is 3.73. The Morgan fingerprint density at radius 2 is 2.31 bits per heavy atom. The Morgan fingerprint density at radius 3 is 2.81 bits per heavy atom. The van der Waals surface area contributed by atoms with Crippen LogP contribution in [-0.2, 0) is 9.53 Å². The number of carbonyl (C=O) groups is 1. The van der Waals surface area contributed by atoms with Crippen molar-refractivity contribution in [3.8, 4) is 0 Å². The van der Waals surface area contributed by atoms with Gasteiger partial charge in [-0.05, 0) is 34.0 Å². The molecule has 0 bridgehead atoms. The van der Waals surface area contributed by atoms with Gasteiger partial charge in [-0.1, -0.05) is 0 Å². The van der Waals surface area contributed by atoms with Crippen LogP contribution >= 0.6 is 0 Å². The molecule has 1 heterocycles. The Morgan fingerprint density at radius 1 is 1.62 bits per heavy atom. The lowest BCUT2D eigenvalue weighted by Crippen LogP contribution is -2.43. The average molecular weight is 229 g/mol. The van der Waals surface area contributed by atoms with Crippen molar-refractivity contribution in [2.24, 2.45) is 5.73 Å². The molecule has 2 N–H and O–H groups in total. The Hall–Kier alpha value is -0.650. The van der Waals surface area contributed by atoms with E-state index in [9.17, 15) is 4.79 Å². The van der Waals surface area contributed by atoms with Gasteiger partial charge in [0.1, 0.15) is 6.04 Å². The van der Waals surface area contributed by atoms with E-state index in [1.165, 1.54) is 0 Å². The van der Waals surface area contributed by atoms with Gasteiger partial charge < -0.3 is 15.4 Å². The summed E-state index contributed by atoms with van der Waals surface area (Å²) >= 11 is 0. The molecule has 2 unspecified atom stereocenters. The fourth-order valence-corrected chi connectivity index (χ4v) is 2.00. The SMILES string of the molecule is CCOC(=O)C(N)CN1CCC(N(C)C)C1. The standard InChI is InChI=1S/C11H23N3O2/c1-4-16-11(15)10(12)8-14-6-5-9(7-14)13(2)3/h9-10H,4-8,12H2,1-3H3. The summed E-state index contributed by atoms with van der Waals surface area (Å²) in [4.78, 5) is 15.8. The van der Waals surface area contributed by atoms with Crippen LogP contribution in [0.25, 0.3) is 0 Å². The maximum atomic E-state index is 11.4. The van der Waals surface area contributed by atoms with E-state index in [-0.39, 0.29) is 5.97 Å². The summed E-state index contributed by atoms with van der Waals surface area (Å²) in [5, 5.41) is 0. The highest BCUT2D eigenvalue weighted by atomic mass is 16.5. The minimum atomic E-state index is -0.513. The van der Waals surface area contributed by atoms with E-state index in [2.05, 4.69) is 23.9 Å². The molecular formula is C11H23N3O2. The molecule has 5 heteroatoms. The van der Waals surface area contributed by atoms with Crippen LogP contribution in [0.4, 0.5) is 0 Å². The molecule has 0 radical (unpaired) electrons. The van der Waals surface area contributed by atoms with Crippen LogP contribution < -0.4 is 5.73 Å². The number of carbonyl (C=O) groups excluding carboxylic acids is 1. The molecule has 0 aliphatic carbocycles. The number of ether oxygens (including phenoxy) is 1. The number of likely N-dealkylation sites (tertiary alicyclic amines) is 1. The number of rotatable bonds is 5. The first-order valence-electron chi connectivity index (χ1n) is 5.85. The monoisotopic (exact) mass is 229 g/mol. The van der Waals surface area contributed by atoms with Gasteiger partial charge >= 0.3 is 5.97 Å². The zero-order valence-corrected chi connectivity index (χ0v) is 10.5. The molecule has 0 amide bonds. The van der Waals surface area contributed by atoms with Crippen molar-refractivity contribution in [1.82, 2.24) is 9.80 Å². The zero-order chi connectivity index (χ0) is 12.1. The lowest BCUT2D eigenvalue weighted by molar-refractivity contribution is -0.145. The van der Waals surface area contributed by atoms with Crippen molar-refractivity contribution in [2.45, 2.75) is 25.4 Å². The van der Waals surface area contributed by atoms with Crippen molar-refractivity contribution < 1.29 is 9.53 Å². The number of hydrogen-bond acceptors (Lipinski definition) is 5. The van der Waals surface area contributed by atoms with Crippen LogP contribution in [0.5, 0.6) is 0 Å². The molecule has 94 valence electrons. The minimum absolute atomic E-state index is 0.296. The Balaban J connectivity index is 2.31. The van der Waals surface area contributed by atoms with E-state index in [4.69, 9.17) is 10.5 Å². The van der Waals surface area contributed by atoms with Gasteiger partial charge in [0.2, 0.25) is 0 Å². The van der Waals surface area contributed by atoms with E-state index < -0.39 is 6.04 Å². The summed E-state index contributed by atoms with van der Waals surface area (Å²) in [5.74, 6) is -0.296. The fraction of sp³-hybridized carbons (Fsp3) is 0.909. The number of nitrogens with zero attached hydrogens (tertiary/aromatic N) is 2. The summed E-state index contributed by atoms with van der Waals surface area (Å²) in [6.45, 7) is 4.79. The second kappa shape index (κ2) is 6.18. The molecule has 0 aromatic carbocycles. The van der Waals surface area contributed by atoms with Crippen molar-refractivity contribution in [1.29, 1.82) is 0 Å². The topological polar surface area (TPSA) is 58.8 Å². The largest absolute Gasteiger partial charge is 0.465 e. The average Bonchev–Trinajstić information content (AvgIpc) is 2.66. The zero-order valence-electron chi connectivity index (χ0n) is 10.5. The number of nitrogens with two attached hydrogens (primary N) is 1. The first kappa shape index (κ1) is 13.4. The first-order chi connectivity index (χ1) is 7.54. The molecule has 0 aromatic rings. The van der Waals surface area contributed by atoms with Crippen LogP contribution in [-0.4, -0.2) is 68.2 Å². The molecule has 2 atom stereocenters. The lowest BCUT2D eigenvalue weighted by Gasteiger charge is -2.22. The molecule has 1 saturated heterocycles. The molecule has 16 heavy (non-hydrogen) atoms. The maximum absolute atomic E-state index is 11.4. The third-order valence-electron chi connectivity index (χ3n) is 3.02. The molecular weight excluding hydrogens is 206 g/mol. The summed E-state index contributed by atoms with van der Waals surface area (Å²) < 4.78 is 4.89. The molecule has 1 fully saturated rings. The summed E-state index contributed by atoms with van der Waals surface area (Å²) in [6, 6.07) is 0.0651. The third-order valence-corrected chi connectivity index (χ3v) is 3.02. The van der Waals surface area contributed by atoms with Crippen LogP contribution in [0.2, 0.25) is 0 Å². The molecule has 1 aliphatic rings. The van der Waals surface area contributed by atoms with Gasteiger partial charge in [-0.3, -0.25) is 9.69 Å².